The molecule has 0 spiro atoms. The maximum Gasteiger partial charge on any atom is 0.320 e. The number of hydrogen-bond acceptors (Lipinski definition) is 3. The van der Waals surface area contributed by atoms with Crippen LogP contribution in [0, 0.1) is 11.8 Å². The Hall–Kier alpha value is -1.06. The third-order valence-electron chi connectivity index (χ3n) is 1.97. The van der Waals surface area contributed by atoms with Gasteiger partial charge in [-0.1, -0.05) is 13.8 Å². The summed E-state index contributed by atoms with van der Waals surface area (Å²) < 4.78 is 4.89. The van der Waals surface area contributed by atoms with E-state index in [9.17, 15) is 9.59 Å². The average molecular weight is 216 g/mol. The first-order valence-electron chi connectivity index (χ1n) is 5.27. The molecule has 0 aromatic rings. The molecule has 0 aromatic carbocycles. The SMILES string of the molecule is CC(C)CCC(C(=O)O)C(=O)OC(C)C. The van der Waals surface area contributed by atoms with Crippen molar-refractivity contribution in [2.45, 2.75) is 46.6 Å². The first kappa shape index (κ1) is 13.9. The van der Waals surface area contributed by atoms with E-state index >= 15 is 0 Å². The smallest absolute Gasteiger partial charge is 0.320 e. The molecule has 0 rings (SSSR count). The lowest BCUT2D eigenvalue weighted by molar-refractivity contribution is -0.161. The lowest BCUT2D eigenvalue weighted by Gasteiger charge is -2.14. The molecule has 15 heavy (non-hydrogen) atoms. The normalized spacial score (nSPS) is 12.9. The van der Waals surface area contributed by atoms with Crippen LogP contribution in [0.25, 0.3) is 0 Å². The number of carboxylic acid groups (broad SMARTS) is 1. The number of hydrogen-bond donors (Lipinski definition) is 1. The van der Waals surface area contributed by atoms with Crippen molar-refractivity contribution >= 4 is 11.9 Å². The van der Waals surface area contributed by atoms with Gasteiger partial charge in [-0.3, -0.25) is 9.59 Å². The quantitative estimate of drug-likeness (QED) is 0.545. The maximum absolute atomic E-state index is 11.4. The van der Waals surface area contributed by atoms with Crippen molar-refractivity contribution in [1.29, 1.82) is 0 Å². The molecular formula is C11H20O4. The predicted molar refractivity (Wildman–Crippen MR) is 56.4 cm³/mol. The first-order chi connectivity index (χ1) is 6.84. The topological polar surface area (TPSA) is 63.6 Å². The monoisotopic (exact) mass is 216 g/mol. The molecule has 0 aliphatic heterocycles. The van der Waals surface area contributed by atoms with E-state index in [1.807, 2.05) is 13.8 Å². The molecule has 0 saturated carbocycles. The number of carbonyl (C=O) groups excluding carboxylic acids is 1. The van der Waals surface area contributed by atoms with Crippen LogP contribution in [-0.4, -0.2) is 23.1 Å². The van der Waals surface area contributed by atoms with E-state index in [2.05, 4.69) is 0 Å². The molecule has 0 aliphatic rings. The van der Waals surface area contributed by atoms with Gasteiger partial charge in [0.25, 0.3) is 0 Å². The third-order valence-corrected chi connectivity index (χ3v) is 1.97. The Bertz CT molecular complexity index is 221. The maximum atomic E-state index is 11.4. The molecule has 1 unspecified atom stereocenters. The van der Waals surface area contributed by atoms with Crippen molar-refractivity contribution in [1.82, 2.24) is 0 Å². The number of ether oxygens (including phenoxy) is 1. The van der Waals surface area contributed by atoms with E-state index in [4.69, 9.17) is 9.84 Å². The molecule has 0 heterocycles. The summed E-state index contributed by atoms with van der Waals surface area (Å²) in [4.78, 5) is 22.2. The second kappa shape index (κ2) is 6.43. The van der Waals surface area contributed by atoms with Crippen LogP contribution in [-0.2, 0) is 14.3 Å². The molecular weight excluding hydrogens is 196 g/mol. The molecule has 4 nitrogen and oxygen atoms in total. The number of aliphatic carboxylic acids is 1. The fourth-order valence-electron chi connectivity index (χ4n) is 1.16. The van der Waals surface area contributed by atoms with E-state index in [0.29, 0.717) is 18.8 Å². The summed E-state index contributed by atoms with van der Waals surface area (Å²) in [6, 6.07) is 0. The molecule has 0 aromatic heterocycles. The first-order valence-corrected chi connectivity index (χ1v) is 5.27. The molecule has 1 N–H and O–H groups in total. The minimum atomic E-state index is -1.10. The number of esters is 1. The Kier molecular flexibility index (Phi) is 5.97. The van der Waals surface area contributed by atoms with Crippen molar-refractivity contribution in [2.24, 2.45) is 11.8 Å². The lowest BCUT2D eigenvalue weighted by Crippen LogP contribution is -2.28. The van der Waals surface area contributed by atoms with Crippen LogP contribution in [0.5, 0.6) is 0 Å². The molecule has 88 valence electrons. The van der Waals surface area contributed by atoms with Crippen molar-refractivity contribution in [3.8, 4) is 0 Å². The zero-order chi connectivity index (χ0) is 12.0. The van der Waals surface area contributed by atoms with E-state index < -0.39 is 17.9 Å². The molecule has 0 saturated heterocycles. The fourth-order valence-corrected chi connectivity index (χ4v) is 1.16. The van der Waals surface area contributed by atoms with Gasteiger partial charge in [-0.15, -0.1) is 0 Å². The van der Waals surface area contributed by atoms with E-state index in [-0.39, 0.29) is 6.10 Å². The van der Waals surface area contributed by atoms with Crippen LogP contribution in [0.1, 0.15) is 40.5 Å². The van der Waals surface area contributed by atoms with Gasteiger partial charge >= 0.3 is 11.9 Å². The van der Waals surface area contributed by atoms with Gasteiger partial charge in [-0.25, -0.2) is 0 Å². The van der Waals surface area contributed by atoms with E-state index in [0.717, 1.165) is 0 Å². The minimum absolute atomic E-state index is 0.265. The van der Waals surface area contributed by atoms with Gasteiger partial charge in [0.05, 0.1) is 6.10 Å². The highest BCUT2D eigenvalue weighted by Crippen LogP contribution is 2.15. The highest BCUT2D eigenvalue weighted by atomic mass is 16.5. The van der Waals surface area contributed by atoms with Crippen molar-refractivity contribution in [3.63, 3.8) is 0 Å². The number of carbonyl (C=O) groups is 2. The van der Waals surface area contributed by atoms with Crippen molar-refractivity contribution in [3.05, 3.63) is 0 Å². The summed E-state index contributed by atoms with van der Waals surface area (Å²) in [6.45, 7) is 7.40. The summed E-state index contributed by atoms with van der Waals surface area (Å²) in [5.41, 5.74) is 0. The van der Waals surface area contributed by atoms with Crippen LogP contribution in [0.3, 0.4) is 0 Å². The average Bonchev–Trinajstić information content (AvgIpc) is 2.01. The Labute approximate surface area is 90.6 Å². The van der Waals surface area contributed by atoms with Crippen LogP contribution in [0.15, 0.2) is 0 Å². The Balaban J connectivity index is 4.26. The summed E-state index contributed by atoms with van der Waals surface area (Å²) in [7, 11) is 0. The summed E-state index contributed by atoms with van der Waals surface area (Å²) in [5, 5.41) is 8.87. The van der Waals surface area contributed by atoms with E-state index in [1.165, 1.54) is 0 Å². The van der Waals surface area contributed by atoms with Gasteiger partial charge in [0.2, 0.25) is 0 Å². The lowest BCUT2D eigenvalue weighted by atomic mass is 9.98. The zero-order valence-electron chi connectivity index (χ0n) is 9.82. The van der Waals surface area contributed by atoms with Crippen LogP contribution < -0.4 is 0 Å². The predicted octanol–water partition coefficient (Wildman–Crippen LogP) is 2.08. The van der Waals surface area contributed by atoms with Crippen molar-refractivity contribution < 1.29 is 19.4 Å². The number of rotatable bonds is 6. The van der Waals surface area contributed by atoms with Gasteiger partial charge < -0.3 is 9.84 Å². The fraction of sp³-hybridized carbons (Fsp3) is 0.818. The minimum Gasteiger partial charge on any atom is -0.481 e. The van der Waals surface area contributed by atoms with Crippen LogP contribution in [0.4, 0.5) is 0 Å². The largest absolute Gasteiger partial charge is 0.481 e. The molecule has 0 radical (unpaired) electrons. The van der Waals surface area contributed by atoms with E-state index in [1.54, 1.807) is 13.8 Å². The Morgan fingerprint density at radius 3 is 2.00 bits per heavy atom. The molecule has 0 aliphatic carbocycles. The molecule has 4 heteroatoms. The van der Waals surface area contributed by atoms with Gasteiger partial charge in [0.15, 0.2) is 5.92 Å². The third kappa shape index (κ3) is 6.10. The Morgan fingerprint density at radius 1 is 1.13 bits per heavy atom. The molecule has 0 bridgehead atoms. The molecule has 0 amide bonds. The summed E-state index contributed by atoms with van der Waals surface area (Å²) in [6.07, 6.45) is 0.793. The summed E-state index contributed by atoms with van der Waals surface area (Å²) >= 11 is 0. The van der Waals surface area contributed by atoms with Gasteiger partial charge in [-0.05, 0) is 32.6 Å². The zero-order valence-corrected chi connectivity index (χ0v) is 9.82. The highest BCUT2D eigenvalue weighted by molar-refractivity contribution is 5.93. The van der Waals surface area contributed by atoms with Gasteiger partial charge in [0.1, 0.15) is 0 Å². The van der Waals surface area contributed by atoms with Gasteiger partial charge in [-0.2, -0.15) is 0 Å². The van der Waals surface area contributed by atoms with Gasteiger partial charge in [0, 0.05) is 0 Å². The molecule has 0 fully saturated rings. The van der Waals surface area contributed by atoms with Crippen LogP contribution >= 0.6 is 0 Å². The summed E-state index contributed by atoms with van der Waals surface area (Å²) in [5.74, 6) is -2.35. The number of carboxylic acids is 1. The second-order valence-electron chi connectivity index (χ2n) is 4.35. The van der Waals surface area contributed by atoms with Crippen LogP contribution in [0.2, 0.25) is 0 Å². The van der Waals surface area contributed by atoms with Crippen molar-refractivity contribution in [2.75, 3.05) is 0 Å². The second-order valence-corrected chi connectivity index (χ2v) is 4.35. The molecule has 1 atom stereocenters. The Morgan fingerprint density at radius 2 is 1.67 bits per heavy atom. The standard InChI is InChI=1S/C11H20O4/c1-7(2)5-6-9(10(12)13)11(14)15-8(3)4/h7-9H,5-6H2,1-4H3,(H,12,13). The highest BCUT2D eigenvalue weighted by Gasteiger charge is 2.28.